The number of nitrogens with one attached hydrogen (secondary N) is 1. The molecular formula is C14H14FN3O. The van der Waals surface area contributed by atoms with Crippen LogP contribution in [0.2, 0.25) is 0 Å². The quantitative estimate of drug-likeness (QED) is 0.643. The molecule has 1 amide bonds. The molecule has 0 unspecified atom stereocenters. The van der Waals surface area contributed by atoms with Gasteiger partial charge in [0.05, 0.1) is 11.9 Å². The molecule has 5 heteroatoms. The zero-order valence-electron chi connectivity index (χ0n) is 10.7. The maximum absolute atomic E-state index is 12.7. The van der Waals surface area contributed by atoms with Gasteiger partial charge in [-0.15, -0.1) is 0 Å². The SMILES string of the molecule is Cc1cc(C)c(C(=O)Nc2ccc(F)nc2)cc1N. The Balaban J connectivity index is 2.25. The smallest absolute Gasteiger partial charge is 0.256 e. The second kappa shape index (κ2) is 5.06. The Morgan fingerprint density at radius 1 is 1.26 bits per heavy atom. The Morgan fingerprint density at radius 3 is 2.63 bits per heavy atom. The summed E-state index contributed by atoms with van der Waals surface area (Å²) in [5, 5.41) is 2.65. The molecule has 0 radical (unpaired) electrons. The zero-order valence-corrected chi connectivity index (χ0v) is 10.7. The number of nitrogen functional groups attached to an aromatic ring is 1. The van der Waals surface area contributed by atoms with E-state index in [2.05, 4.69) is 10.3 Å². The van der Waals surface area contributed by atoms with E-state index in [9.17, 15) is 9.18 Å². The molecule has 1 heterocycles. The van der Waals surface area contributed by atoms with Gasteiger partial charge < -0.3 is 11.1 Å². The van der Waals surface area contributed by atoms with E-state index in [1.54, 1.807) is 6.07 Å². The molecule has 3 N–H and O–H groups in total. The number of aryl methyl sites for hydroxylation is 2. The van der Waals surface area contributed by atoms with Crippen molar-refractivity contribution in [2.24, 2.45) is 0 Å². The summed E-state index contributed by atoms with van der Waals surface area (Å²) in [6.07, 6.45) is 1.26. The molecule has 19 heavy (non-hydrogen) atoms. The van der Waals surface area contributed by atoms with Crippen LogP contribution in [-0.2, 0) is 0 Å². The number of carbonyl (C=O) groups excluding carboxylic acids is 1. The van der Waals surface area contributed by atoms with Gasteiger partial charge in [-0.2, -0.15) is 4.39 Å². The minimum atomic E-state index is -0.589. The first kappa shape index (κ1) is 13.0. The first-order valence-electron chi connectivity index (χ1n) is 5.77. The van der Waals surface area contributed by atoms with E-state index in [1.807, 2.05) is 19.9 Å². The number of halogens is 1. The Labute approximate surface area is 110 Å². The average Bonchev–Trinajstić information content (AvgIpc) is 2.36. The highest BCUT2D eigenvalue weighted by Gasteiger charge is 2.11. The number of nitrogens with two attached hydrogens (primary N) is 1. The number of benzene rings is 1. The Kier molecular flexibility index (Phi) is 3.46. The number of hydrogen-bond acceptors (Lipinski definition) is 3. The molecule has 0 spiro atoms. The molecule has 2 rings (SSSR count). The van der Waals surface area contributed by atoms with Crippen LogP contribution in [0.3, 0.4) is 0 Å². The second-order valence-electron chi connectivity index (χ2n) is 4.35. The van der Waals surface area contributed by atoms with Crippen LogP contribution < -0.4 is 11.1 Å². The van der Waals surface area contributed by atoms with Crippen molar-refractivity contribution in [1.82, 2.24) is 4.98 Å². The lowest BCUT2D eigenvalue weighted by Gasteiger charge is -2.10. The van der Waals surface area contributed by atoms with Crippen molar-refractivity contribution in [3.63, 3.8) is 0 Å². The second-order valence-corrected chi connectivity index (χ2v) is 4.35. The minimum absolute atomic E-state index is 0.294. The summed E-state index contributed by atoms with van der Waals surface area (Å²) in [6, 6.07) is 6.13. The summed E-state index contributed by atoms with van der Waals surface area (Å²) in [5.74, 6) is -0.883. The Hall–Kier alpha value is -2.43. The van der Waals surface area contributed by atoms with Gasteiger partial charge in [0.15, 0.2) is 0 Å². The normalized spacial score (nSPS) is 10.3. The van der Waals surface area contributed by atoms with Crippen LogP contribution in [0.5, 0.6) is 0 Å². The van der Waals surface area contributed by atoms with Crippen LogP contribution in [0.25, 0.3) is 0 Å². The van der Waals surface area contributed by atoms with E-state index in [1.165, 1.54) is 18.3 Å². The predicted molar refractivity (Wildman–Crippen MR) is 72.5 cm³/mol. The molecule has 0 fully saturated rings. The largest absolute Gasteiger partial charge is 0.398 e. The van der Waals surface area contributed by atoms with Gasteiger partial charge in [0, 0.05) is 11.3 Å². The molecule has 0 atom stereocenters. The monoisotopic (exact) mass is 259 g/mol. The van der Waals surface area contributed by atoms with Crippen molar-refractivity contribution in [3.05, 3.63) is 53.1 Å². The molecule has 0 bridgehead atoms. The van der Waals surface area contributed by atoms with E-state index in [0.717, 1.165) is 11.1 Å². The fourth-order valence-corrected chi connectivity index (χ4v) is 1.76. The number of pyridine rings is 1. The third-order valence-electron chi connectivity index (χ3n) is 2.84. The van der Waals surface area contributed by atoms with Crippen LogP contribution in [0.4, 0.5) is 15.8 Å². The standard InChI is InChI=1S/C14H14FN3O/c1-8-5-9(2)12(16)6-11(8)14(19)18-10-3-4-13(15)17-7-10/h3-7H,16H2,1-2H3,(H,18,19). The summed E-state index contributed by atoms with van der Waals surface area (Å²) in [6.45, 7) is 3.72. The number of carbonyl (C=O) groups is 1. The molecule has 1 aromatic heterocycles. The van der Waals surface area contributed by atoms with Crippen LogP contribution >= 0.6 is 0 Å². The van der Waals surface area contributed by atoms with E-state index in [-0.39, 0.29) is 5.91 Å². The minimum Gasteiger partial charge on any atom is -0.398 e. The van der Waals surface area contributed by atoms with Crippen LogP contribution in [0, 0.1) is 19.8 Å². The van der Waals surface area contributed by atoms with E-state index in [0.29, 0.717) is 16.9 Å². The topological polar surface area (TPSA) is 68.0 Å². The third-order valence-corrected chi connectivity index (χ3v) is 2.84. The first-order chi connectivity index (χ1) is 8.97. The maximum atomic E-state index is 12.7. The number of amides is 1. The number of aromatic nitrogens is 1. The summed E-state index contributed by atoms with van der Waals surface area (Å²) in [4.78, 5) is 15.6. The maximum Gasteiger partial charge on any atom is 0.256 e. The summed E-state index contributed by atoms with van der Waals surface area (Å²) < 4.78 is 12.7. The van der Waals surface area contributed by atoms with Gasteiger partial charge in [-0.05, 0) is 43.2 Å². The van der Waals surface area contributed by atoms with Gasteiger partial charge in [0.2, 0.25) is 5.95 Å². The molecule has 1 aromatic carbocycles. The lowest BCUT2D eigenvalue weighted by atomic mass is 10.0. The van der Waals surface area contributed by atoms with Crippen molar-refractivity contribution in [1.29, 1.82) is 0 Å². The highest BCUT2D eigenvalue weighted by atomic mass is 19.1. The van der Waals surface area contributed by atoms with Gasteiger partial charge in [-0.3, -0.25) is 4.79 Å². The fraction of sp³-hybridized carbons (Fsp3) is 0.143. The summed E-state index contributed by atoms with van der Waals surface area (Å²) >= 11 is 0. The highest BCUT2D eigenvalue weighted by Crippen LogP contribution is 2.19. The van der Waals surface area contributed by atoms with Gasteiger partial charge in [-0.1, -0.05) is 6.07 Å². The number of hydrogen-bond donors (Lipinski definition) is 2. The van der Waals surface area contributed by atoms with E-state index >= 15 is 0 Å². The van der Waals surface area contributed by atoms with Gasteiger partial charge in [0.25, 0.3) is 5.91 Å². The number of rotatable bonds is 2. The van der Waals surface area contributed by atoms with Crippen LogP contribution in [0.1, 0.15) is 21.5 Å². The predicted octanol–water partition coefficient (Wildman–Crippen LogP) is 2.67. The number of nitrogens with zero attached hydrogens (tertiary/aromatic N) is 1. The van der Waals surface area contributed by atoms with E-state index in [4.69, 9.17) is 5.73 Å². The Bertz CT molecular complexity index is 623. The fourth-order valence-electron chi connectivity index (χ4n) is 1.76. The van der Waals surface area contributed by atoms with Crippen molar-refractivity contribution in [3.8, 4) is 0 Å². The average molecular weight is 259 g/mol. The molecule has 0 aliphatic heterocycles. The lowest BCUT2D eigenvalue weighted by Crippen LogP contribution is -2.14. The first-order valence-corrected chi connectivity index (χ1v) is 5.77. The van der Waals surface area contributed by atoms with Gasteiger partial charge in [-0.25, -0.2) is 4.98 Å². The molecule has 0 saturated carbocycles. The summed E-state index contributed by atoms with van der Waals surface area (Å²) in [7, 11) is 0. The highest BCUT2D eigenvalue weighted by molar-refractivity contribution is 6.05. The van der Waals surface area contributed by atoms with E-state index < -0.39 is 5.95 Å². The van der Waals surface area contributed by atoms with Crippen molar-refractivity contribution in [2.75, 3.05) is 11.1 Å². The molecule has 0 aliphatic carbocycles. The molecule has 4 nitrogen and oxygen atoms in total. The van der Waals surface area contributed by atoms with Crippen molar-refractivity contribution in [2.45, 2.75) is 13.8 Å². The van der Waals surface area contributed by atoms with Crippen LogP contribution in [0.15, 0.2) is 30.5 Å². The molecule has 98 valence electrons. The molecule has 2 aromatic rings. The third kappa shape index (κ3) is 2.88. The number of anilines is 2. The molecule has 0 saturated heterocycles. The Morgan fingerprint density at radius 2 is 2.00 bits per heavy atom. The summed E-state index contributed by atoms with van der Waals surface area (Å²) in [5.41, 5.74) is 9.05. The van der Waals surface area contributed by atoms with Gasteiger partial charge >= 0.3 is 0 Å². The lowest BCUT2D eigenvalue weighted by molar-refractivity contribution is 0.102. The zero-order chi connectivity index (χ0) is 14.0. The molecular weight excluding hydrogens is 245 g/mol. The van der Waals surface area contributed by atoms with Crippen LogP contribution in [-0.4, -0.2) is 10.9 Å². The van der Waals surface area contributed by atoms with Crippen molar-refractivity contribution >= 4 is 17.3 Å². The molecule has 0 aliphatic rings. The van der Waals surface area contributed by atoms with Gasteiger partial charge in [0.1, 0.15) is 0 Å². The van der Waals surface area contributed by atoms with Crippen molar-refractivity contribution < 1.29 is 9.18 Å².